The highest BCUT2D eigenvalue weighted by Crippen LogP contribution is 2.13. The van der Waals surface area contributed by atoms with Crippen molar-refractivity contribution in [2.45, 2.75) is 0 Å². The van der Waals surface area contributed by atoms with Crippen molar-refractivity contribution < 1.29 is 4.42 Å². The van der Waals surface area contributed by atoms with Gasteiger partial charge in [-0.3, -0.25) is 5.41 Å². The van der Waals surface area contributed by atoms with Gasteiger partial charge in [-0.05, 0) is 12.1 Å². The molecule has 0 aliphatic heterocycles. The Labute approximate surface area is 68.5 Å². The van der Waals surface area contributed by atoms with Crippen LogP contribution >= 0.6 is 0 Å². The van der Waals surface area contributed by atoms with E-state index in [1.165, 1.54) is 6.20 Å². The molecule has 0 atom stereocenters. The van der Waals surface area contributed by atoms with Crippen LogP contribution in [0.2, 0.25) is 0 Å². The van der Waals surface area contributed by atoms with Crippen LogP contribution in [0.1, 0.15) is 5.56 Å². The van der Waals surface area contributed by atoms with Crippen LogP contribution in [0.3, 0.4) is 0 Å². The Hall–Kier alpha value is -1.84. The van der Waals surface area contributed by atoms with Crippen LogP contribution in [0, 0.1) is 5.41 Å². The lowest BCUT2D eigenvalue weighted by Gasteiger charge is -1.95. The topological polar surface area (TPSA) is 75.9 Å². The largest absolute Gasteiger partial charge is 0.446 e. The second-order valence-electron chi connectivity index (χ2n) is 2.45. The Balaban J connectivity index is 2.68. The highest BCUT2D eigenvalue weighted by molar-refractivity contribution is 5.97. The van der Waals surface area contributed by atoms with E-state index in [4.69, 9.17) is 15.6 Å². The summed E-state index contributed by atoms with van der Waals surface area (Å²) in [6, 6.07) is 3.56. The van der Waals surface area contributed by atoms with E-state index in [9.17, 15) is 0 Å². The highest BCUT2D eigenvalue weighted by atomic mass is 16.3. The number of aromatic nitrogens is 1. The molecule has 4 nitrogen and oxygen atoms in total. The van der Waals surface area contributed by atoms with E-state index in [0.29, 0.717) is 11.3 Å². The summed E-state index contributed by atoms with van der Waals surface area (Å²) in [5, 5.41) is 8.03. The third-order valence-corrected chi connectivity index (χ3v) is 1.62. The van der Waals surface area contributed by atoms with Gasteiger partial charge in [0.05, 0.1) is 6.26 Å². The van der Waals surface area contributed by atoms with E-state index in [2.05, 4.69) is 4.98 Å². The Kier molecular flexibility index (Phi) is 1.33. The zero-order valence-corrected chi connectivity index (χ0v) is 6.24. The number of fused-ring (bicyclic) bond motifs is 1. The van der Waals surface area contributed by atoms with Gasteiger partial charge in [-0.1, -0.05) is 0 Å². The standard InChI is InChI=1S/C8H7N3O/c9-7(10)6-3-5-1-2-12-8(5)11-4-6/h1-4H,(H3,9,10). The molecule has 0 spiro atoms. The van der Waals surface area contributed by atoms with Crippen molar-refractivity contribution in [3.8, 4) is 0 Å². The summed E-state index contributed by atoms with van der Waals surface area (Å²) in [4.78, 5) is 3.97. The summed E-state index contributed by atoms with van der Waals surface area (Å²) >= 11 is 0. The molecule has 0 saturated heterocycles. The molecule has 2 rings (SSSR count). The molecule has 60 valence electrons. The number of nitrogens with zero attached hydrogens (tertiary/aromatic N) is 1. The molecule has 0 bridgehead atoms. The normalized spacial score (nSPS) is 10.3. The Morgan fingerprint density at radius 3 is 3.17 bits per heavy atom. The summed E-state index contributed by atoms with van der Waals surface area (Å²) in [5.41, 5.74) is 6.47. The van der Waals surface area contributed by atoms with Crippen LogP contribution < -0.4 is 5.73 Å². The second kappa shape index (κ2) is 2.34. The molecular weight excluding hydrogens is 154 g/mol. The lowest BCUT2D eigenvalue weighted by atomic mass is 10.2. The van der Waals surface area contributed by atoms with Gasteiger partial charge in [0.1, 0.15) is 5.84 Å². The van der Waals surface area contributed by atoms with E-state index < -0.39 is 0 Å². The smallest absolute Gasteiger partial charge is 0.225 e. The van der Waals surface area contributed by atoms with Crippen LogP contribution in [0.4, 0.5) is 0 Å². The molecule has 0 unspecified atom stereocenters. The van der Waals surface area contributed by atoms with Gasteiger partial charge in [0.15, 0.2) is 0 Å². The van der Waals surface area contributed by atoms with Crippen molar-refractivity contribution in [3.63, 3.8) is 0 Å². The maximum absolute atomic E-state index is 7.17. The quantitative estimate of drug-likeness (QED) is 0.486. The van der Waals surface area contributed by atoms with E-state index >= 15 is 0 Å². The molecule has 0 aromatic carbocycles. The Morgan fingerprint density at radius 2 is 2.42 bits per heavy atom. The van der Waals surface area contributed by atoms with Crippen molar-refractivity contribution in [1.82, 2.24) is 4.98 Å². The predicted octanol–water partition coefficient (Wildman–Crippen LogP) is 1.11. The van der Waals surface area contributed by atoms with Gasteiger partial charge in [0.2, 0.25) is 5.71 Å². The van der Waals surface area contributed by atoms with Crippen molar-refractivity contribution in [1.29, 1.82) is 5.41 Å². The number of furan rings is 1. The number of nitrogens with two attached hydrogens (primary N) is 1. The van der Waals surface area contributed by atoms with Gasteiger partial charge in [-0.15, -0.1) is 0 Å². The van der Waals surface area contributed by atoms with Gasteiger partial charge >= 0.3 is 0 Å². The first kappa shape index (κ1) is 6.84. The van der Waals surface area contributed by atoms with Crippen molar-refractivity contribution in [2.75, 3.05) is 0 Å². The first-order chi connectivity index (χ1) is 5.77. The van der Waals surface area contributed by atoms with E-state index in [1.54, 1.807) is 18.4 Å². The molecule has 0 saturated carbocycles. The number of rotatable bonds is 1. The van der Waals surface area contributed by atoms with E-state index in [-0.39, 0.29) is 5.84 Å². The fraction of sp³-hybridized carbons (Fsp3) is 0. The number of pyridine rings is 1. The maximum atomic E-state index is 7.17. The van der Waals surface area contributed by atoms with Crippen molar-refractivity contribution >= 4 is 16.9 Å². The van der Waals surface area contributed by atoms with Crippen LogP contribution in [0.15, 0.2) is 29.0 Å². The summed E-state index contributed by atoms with van der Waals surface area (Å²) in [5.74, 6) is 0.0191. The van der Waals surface area contributed by atoms with Crippen molar-refractivity contribution in [3.05, 3.63) is 30.2 Å². The first-order valence-corrected chi connectivity index (χ1v) is 3.45. The molecule has 0 aliphatic carbocycles. The Bertz CT molecular complexity index is 433. The van der Waals surface area contributed by atoms with Crippen LogP contribution in [-0.4, -0.2) is 10.8 Å². The number of amidine groups is 1. The highest BCUT2D eigenvalue weighted by Gasteiger charge is 2.01. The summed E-state index contributed by atoms with van der Waals surface area (Å²) in [6.07, 6.45) is 3.08. The van der Waals surface area contributed by atoms with E-state index in [1.807, 2.05) is 0 Å². The Morgan fingerprint density at radius 1 is 1.58 bits per heavy atom. The van der Waals surface area contributed by atoms with Gasteiger partial charge in [0.25, 0.3) is 0 Å². The number of nitrogens with one attached hydrogen (secondary N) is 1. The lowest BCUT2D eigenvalue weighted by molar-refractivity contribution is 0.603. The molecule has 0 amide bonds. The average molecular weight is 161 g/mol. The molecule has 3 N–H and O–H groups in total. The molecule has 2 heterocycles. The first-order valence-electron chi connectivity index (χ1n) is 3.45. The number of nitrogen functional groups attached to an aromatic ring is 1. The van der Waals surface area contributed by atoms with Crippen molar-refractivity contribution in [2.24, 2.45) is 5.73 Å². The number of hydrogen-bond acceptors (Lipinski definition) is 3. The minimum absolute atomic E-state index is 0.0191. The summed E-state index contributed by atoms with van der Waals surface area (Å²) in [7, 11) is 0. The van der Waals surface area contributed by atoms with Crippen LogP contribution in [0.25, 0.3) is 11.1 Å². The van der Waals surface area contributed by atoms with Gasteiger partial charge in [-0.2, -0.15) is 0 Å². The SMILES string of the molecule is N=C(N)c1cnc2occc2c1. The molecule has 4 heteroatoms. The maximum Gasteiger partial charge on any atom is 0.225 e. The predicted molar refractivity (Wildman–Crippen MR) is 45.0 cm³/mol. The zero-order valence-electron chi connectivity index (χ0n) is 6.24. The van der Waals surface area contributed by atoms with E-state index in [0.717, 1.165) is 5.39 Å². The average Bonchev–Trinajstić information content (AvgIpc) is 2.49. The fourth-order valence-electron chi connectivity index (χ4n) is 1.01. The molecule has 2 aromatic rings. The molecule has 2 aromatic heterocycles. The minimum Gasteiger partial charge on any atom is -0.446 e. The van der Waals surface area contributed by atoms with Gasteiger partial charge < -0.3 is 10.2 Å². The fourth-order valence-corrected chi connectivity index (χ4v) is 1.01. The molecule has 0 radical (unpaired) electrons. The summed E-state index contributed by atoms with van der Waals surface area (Å²) in [6.45, 7) is 0. The number of hydrogen-bond donors (Lipinski definition) is 2. The third kappa shape index (κ3) is 0.934. The summed E-state index contributed by atoms with van der Waals surface area (Å²) < 4.78 is 5.03. The minimum atomic E-state index is 0.0191. The zero-order chi connectivity index (χ0) is 8.55. The molecule has 0 aliphatic rings. The third-order valence-electron chi connectivity index (χ3n) is 1.62. The monoisotopic (exact) mass is 161 g/mol. The van der Waals surface area contributed by atoms with Crippen LogP contribution in [0.5, 0.6) is 0 Å². The van der Waals surface area contributed by atoms with Gasteiger partial charge in [-0.25, -0.2) is 4.98 Å². The lowest BCUT2D eigenvalue weighted by Crippen LogP contribution is -2.10. The second-order valence-corrected chi connectivity index (χ2v) is 2.45. The molecule has 12 heavy (non-hydrogen) atoms. The van der Waals surface area contributed by atoms with Crippen LogP contribution in [-0.2, 0) is 0 Å². The molecule has 0 fully saturated rings. The molecular formula is C8H7N3O. The van der Waals surface area contributed by atoms with Gasteiger partial charge in [0, 0.05) is 17.1 Å².